The molecule has 0 radical (unpaired) electrons. The van der Waals surface area contributed by atoms with Gasteiger partial charge in [0.05, 0.1) is 12.6 Å². The number of ether oxygens (including phenoxy) is 2. The van der Waals surface area contributed by atoms with Crippen molar-refractivity contribution in [2.75, 3.05) is 6.61 Å². The van der Waals surface area contributed by atoms with Crippen molar-refractivity contribution in [3.63, 3.8) is 0 Å². The first-order valence-electron chi connectivity index (χ1n) is 12.4. The van der Waals surface area contributed by atoms with E-state index in [2.05, 4.69) is 19.2 Å². The molecule has 5 nitrogen and oxygen atoms in total. The molecule has 0 saturated heterocycles. The molecular formula is C30H34FNO4. The molecule has 1 N–H and O–H groups in total. The van der Waals surface area contributed by atoms with Gasteiger partial charge in [-0.25, -0.2) is 4.39 Å². The molecule has 6 heteroatoms. The van der Waals surface area contributed by atoms with Crippen LogP contribution >= 0.6 is 0 Å². The largest absolute Gasteiger partial charge is 0.489 e. The quantitative estimate of drug-likeness (QED) is 0.297. The van der Waals surface area contributed by atoms with E-state index in [4.69, 9.17) is 9.47 Å². The Morgan fingerprint density at radius 2 is 1.69 bits per heavy atom. The second-order valence-corrected chi connectivity index (χ2v) is 9.11. The van der Waals surface area contributed by atoms with Crippen molar-refractivity contribution in [3.8, 4) is 5.75 Å². The number of esters is 1. The summed E-state index contributed by atoms with van der Waals surface area (Å²) in [6, 6.07) is 21.0. The maximum absolute atomic E-state index is 13.6. The molecule has 0 aliphatic heterocycles. The summed E-state index contributed by atoms with van der Waals surface area (Å²) in [4.78, 5) is 25.5. The Kier molecular flexibility index (Phi) is 10.0. The van der Waals surface area contributed by atoms with Gasteiger partial charge in [0.15, 0.2) is 0 Å². The number of halogens is 1. The Balaban J connectivity index is 1.84. The number of hydrogen-bond donors (Lipinski definition) is 1. The van der Waals surface area contributed by atoms with Gasteiger partial charge in [-0.05, 0) is 72.7 Å². The average molecular weight is 492 g/mol. The second kappa shape index (κ2) is 13.4. The van der Waals surface area contributed by atoms with Gasteiger partial charge in [-0.15, -0.1) is 0 Å². The Labute approximate surface area is 212 Å². The van der Waals surface area contributed by atoms with E-state index in [1.165, 1.54) is 12.1 Å². The molecule has 1 amide bonds. The van der Waals surface area contributed by atoms with Gasteiger partial charge < -0.3 is 14.8 Å². The minimum absolute atomic E-state index is 0.182. The molecule has 190 valence electrons. The van der Waals surface area contributed by atoms with Gasteiger partial charge in [0.2, 0.25) is 0 Å². The maximum atomic E-state index is 13.6. The van der Waals surface area contributed by atoms with Gasteiger partial charge in [-0.1, -0.05) is 56.3 Å². The molecule has 1 unspecified atom stereocenters. The molecule has 3 aromatic rings. The number of rotatable bonds is 12. The van der Waals surface area contributed by atoms with Gasteiger partial charge >= 0.3 is 5.97 Å². The highest BCUT2D eigenvalue weighted by Crippen LogP contribution is 2.24. The lowest BCUT2D eigenvalue weighted by molar-refractivity contribution is -0.143. The molecule has 0 heterocycles. The number of amides is 1. The van der Waals surface area contributed by atoms with Crippen molar-refractivity contribution in [2.24, 2.45) is 5.92 Å². The normalized spacial score (nSPS) is 11.7. The molecule has 0 saturated carbocycles. The fourth-order valence-electron chi connectivity index (χ4n) is 3.98. The number of aryl methyl sites for hydroxylation is 1. The van der Waals surface area contributed by atoms with E-state index < -0.39 is 0 Å². The Morgan fingerprint density at radius 1 is 0.972 bits per heavy atom. The predicted octanol–water partition coefficient (Wildman–Crippen LogP) is 6.42. The van der Waals surface area contributed by atoms with E-state index in [1.54, 1.807) is 19.1 Å². The van der Waals surface area contributed by atoms with Crippen molar-refractivity contribution in [2.45, 2.75) is 52.7 Å². The van der Waals surface area contributed by atoms with Crippen LogP contribution in [-0.4, -0.2) is 18.5 Å². The molecular weight excluding hydrogens is 457 g/mol. The highest BCUT2D eigenvalue weighted by atomic mass is 19.1. The third kappa shape index (κ3) is 8.22. The highest BCUT2D eigenvalue weighted by molar-refractivity contribution is 5.96. The van der Waals surface area contributed by atoms with Gasteiger partial charge in [0.25, 0.3) is 5.91 Å². The van der Waals surface area contributed by atoms with Crippen molar-refractivity contribution in [1.82, 2.24) is 5.32 Å². The van der Waals surface area contributed by atoms with Crippen molar-refractivity contribution >= 4 is 11.9 Å². The molecule has 0 aromatic heterocycles. The molecule has 0 aliphatic rings. The summed E-state index contributed by atoms with van der Waals surface area (Å²) < 4.78 is 24.4. The van der Waals surface area contributed by atoms with Crippen LogP contribution in [0, 0.1) is 11.7 Å². The van der Waals surface area contributed by atoms with Crippen molar-refractivity contribution in [1.29, 1.82) is 0 Å². The molecule has 0 spiro atoms. The molecule has 3 aromatic carbocycles. The summed E-state index contributed by atoms with van der Waals surface area (Å²) in [7, 11) is 0. The topological polar surface area (TPSA) is 64.6 Å². The number of hydrogen-bond acceptors (Lipinski definition) is 4. The first kappa shape index (κ1) is 26.9. The smallest absolute Gasteiger partial charge is 0.306 e. The van der Waals surface area contributed by atoms with Gasteiger partial charge in [0.1, 0.15) is 18.2 Å². The monoisotopic (exact) mass is 491 g/mol. The van der Waals surface area contributed by atoms with Crippen molar-refractivity contribution < 1.29 is 23.5 Å². The van der Waals surface area contributed by atoms with Crippen LogP contribution in [0.5, 0.6) is 5.75 Å². The van der Waals surface area contributed by atoms with Crippen LogP contribution in [0.1, 0.15) is 66.7 Å². The molecule has 0 fully saturated rings. The van der Waals surface area contributed by atoms with Crippen LogP contribution < -0.4 is 10.1 Å². The summed E-state index contributed by atoms with van der Waals surface area (Å²) in [5.41, 5.74) is 2.93. The third-order valence-electron chi connectivity index (χ3n) is 5.76. The molecule has 0 bridgehead atoms. The van der Waals surface area contributed by atoms with E-state index in [0.29, 0.717) is 37.5 Å². The number of para-hydroxylation sites is 1. The number of carbonyl (C=O) groups excluding carboxylic acids is 2. The standard InChI is InChI=1S/C30H34FNO4/c1-4-35-29(33)17-14-23-11-10-22(20-36-26-8-6-5-7-9-26)19-27(23)30(34)32-28(18-21(2)3)24-12-15-25(31)16-13-24/h5-13,15-16,19,21,28H,4,14,17-18,20H2,1-3H3,(H,32,34). The van der Waals surface area contributed by atoms with Crippen LogP contribution in [0.3, 0.4) is 0 Å². The number of nitrogens with one attached hydrogen (secondary N) is 1. The first-order valence-corrected chi connectivity index (χ1v) is 12.4. The zero-order valence-corrected chi connectivity index (χ0v) is 21.1. The lowest BCUT2D eigenvalue weighted by Gasteiger charge is -2.22. The molecule has 0 aliphatic carbocycles. The zero-order chi connectivity index (χ0) is 25.9. The summed E-state index contributed by atoms with van der Waals surface area (Å²) in [5, 5.41) is 3.14. The third-order valence-corrected chi connectivity index (χ3v) is 5.76. The highest BCUT2D eigenvalue weighted by Gasteiger charge is 2.20. The van der Waals surface area contributed by atoms with Gasteiger partial charge in [0, 0.05) is 12.0 Å². The number of carbonyl (C=O) groups is 2. The minimum Gasteiger partial charge on any atom is -0.489 e. The predicted molar refractivity (Wildman–Crippen MR) is 138 cm³/mol. The van der Waals surface area contributed by atoms with Crippen LogP contribution in [0.4, 0.5) is 4.39 Å². The van der Waals surface area contributed by atoms with Crippen LogP contribution in [0.25, 0.3) is 0 Å². The van der Waals surface area contributed by atoms with Crippen LogP contribution in [0.2, 0.25) is 0 Å². The number of benzene rings is 3. The van der Waals surface area contributed by atoms with Crippen LogP contribution in [0.15, 0.2) is 72.8 Å². The Hall–Kier alpha value is -3.67. The summed E-state index contributed by atoms with van der Waals surface area (Å²) >= 11 is 0. The summed E-state index contributed by atoms with van der Waals surface area (Å²) in [5.74, 6) is 0.188. The fourth-order valence-corrected chi connectivity index (χ4v) is 3.98. The van der Waals surface area contributed by atoms with E-state index >= 15 is 0 Å². The summed E-state index contributed by atoms with van der Waals surface area (Å²) in [6.45, 7) is 6.54. The fraction of sp³-hybridized carbons (Fsp3) is 0.333. The van der Waals surface area contributed by atoms with Crippen LogP contribution in [-0.2, 0) is 22.6 Å². The lowest BCUT2D eigenvalue weighted by atomic mass is 9.95. The van der Waals surface area contributed by atoms with Gasteiger partial charge in [-0.2, -0.15) is 0 Å². The summed E-state index contributed by atoms with van der Waals surface area (Å²) in [6.07, 6.45) is 1.26. The Bertz CT molecular complexity index is 1130. The van der Waals surface area contributed by atoms with E-state index in [-0.39, 0.29) is 30.2 Å². The molecule has 1 atom stereocenters. The molecule has 36 heavy (non-hydrogen) atoms. The van der Waals surface area contributed by atoms with E-state index in [9.17, 15) is 14.0 Å². The van der Waals surface area contributed by atoms with Gasteiger partial charge in [-0.3, -0.25) is 9.59 Å². The van der Waals surface area contributed by atoms with E-state index in [1.807, 2.05) is 48.5 Å². The SMILES string of the molecule is CCOC(=O)CCc1ccc(COc2ccccc2)cc1C(=O)NC(CC(C)C)c1ccc(F)cc1. The maximum Gasteiger partial charge on any atom is 0.306 e. The first-order chi connectivity index (χ1) is 17.4. The average Bonchev–Trinajstić information content (AvgIpc) is 2.87. The Morgan fingerprint density at radius 3 is 2.36 bits per heavy atom. The minimum atomic E-state index is -0.319. The lowest BCUT2D eigenvalue weighted by Crippen LogP contribution is -2.30. The van der Waals surface area contributed by atoms with E-state index in [0.717, 1.165) is 22.4 Å². The zero-order valence-electron chi connectivity index (χ0n) is 21.1. The van der Waals surface area contributed by atoms with Crippen molar-refractivity contribution in [3.05, 3.63) is 101 Å². The molecule has 3 rings (SSSR count). The second-order valence-electron chi connectivity index (χ2n) is 9.11.